The summed E-state index contributed by atoms with van der Waals surface area (Å²) in [5.74, 6) is -1.53. The zero-order valence-corrected chi connectivity index (χ0v) is 17.0. The van der Waals surface area contributed by atoms with Crippen LogP contribution in [0.4, 0.5) is 17.1 Å². The molecule has 0 spiro atoms. The average Bonchev–Trinajstić information content (AvgIpc) is 3.16. The largest absolute Gasteiger partial charge is 0.494 e. The first-order chi connectivity index (χ1) is 14.8. The van der Waals surface area contributed by atoms with E-state index in [0.29, 0.717) is 11.3 Å². The van der Waals surface area contributed by atoms with Gasteiger partial charge in [0.15, 0.2) is 0 Å². The standard InChI is InChI=1S/C21H21N3O7/c1-3-31-21(27)13-4-6-15(7-5-13)23-12-14(10-19(23)25)20(26)22-17-9-8-16(24(28)29)11-18(17)30-2/h4-9,11,14H,3,10,12H2,1-2H3,(H,22,26). The van der Waals surface area contributed by atoms with Crippen molar-refractivity contribution in [2.45, 2.75) is 13.3 Å². The van der Waals surface area contributed by atoms with Crippen LogP contribution in [0.1, 0.15) is 23.7 Å². The van der Waals surface area contributed by atoms with Gasteiger partial charge in [-0.1, -0.05) is 0 Å². The first kappa shape index (κ1) is 21.8. The fourth-order valence-electron chi connectivity index (χ4n) is 3.26. The van der Waals surface area contributed by atoms with Crippen molar-refractivity contribution in [3.8, 4) is 5.75 Å². The van der Waals surface area contributed by atoms with E-state index in [1.54, 1.807) is 31.2 Å². The number of non-ortho nitro benzene ring substituents is 1. The third kappa shape index (κ3) is 4.80. The Bertz CT molecular complexity index is 1020. The Morgan fingerprint density at radius 3 is 2.55 bits per heavy atom. The van der Waals surface area contributed by atoms with Gasteiger partial charge in [0.05, 0.1) is 41.9 Å². The lowest BCUT2D eigenvalue weighted by Gasteiger charge is -2.17. The number of hydrogen-bond acceptors (Lipinski definition) is 7. The molecule has 31 heavy (non-hydrogen) atoms. The minimum absolute atomic E-state index is 0.0146. The highest BCUT2D eigenvalue weighted by molar-refractivity contribution is 6.04. The van der Waals surface area contributed by atoms with Gasteiger partial charge in [-0.05, 0) is 37.3 Å². The molecule has 1 atom stereocenters. The third-order valence-electron chi connectivity index (χ3n) is 4.84. The van der Waals surface area contributed by atoms with Gasteiger partial charge in [0.25, 0.3) is 5.69 Å². The quantitative estimate of drug-likeness (QED) is 0.409. The lowest BCUT2D eigenvalue weighted by Crippen LogP contribution is -2.28. The van der Waals surface area contributed by atoms with Gasteiger partial charge in [0.2, 0.25) is 11.8 Å². The number of esters is 1. The Hall–Kier alpha value is -3.95. The van der Waals surface area contributed by atoms with Crippen LogP contribution in [0.2, 0.25) is 0 Å². The van der Waals surface area contributed by atoms with Gasteiger partial charge in [-0.3, -0.25) is 19.7 Å². The van der Waals surface area contributed by atoms with Crippen molar-refractivity contribution in [3.05, 3.63) is 58.1 Å². The van der Waals surface area contributed by atoms with Gasteiger partial charge in [-0.15, -0.1) is 0 Å². The summed E-state index contributed by atoms with van der Waals surface area (Å²) in [6, 6.07) is 10.2. The Balaban J connectivity index is 1.69. The van der Waals surface area contributed by atoms with Gasteiger partial charge in [0.1, 0.15) is 5.75 Å². The molecule has 162 valence electrons. The number of hydrogen-bond donors (Lipinski definition) is 1. The first-order valence-corrected chi connectivity index (χ1v) is 9.54. The molecule has 1 N–H and O–H groups in total. The summed E-state index contributed by atoms with van der Waals surface area (Å²) in [4.78, 5) is 48.7. The van der Waals surface area contributed by atoms with Gasteiger partial charge in [-0.2, -0.15) is 0 Å². The number of carbonyl (C=O) groups excluding carboxylic acids is 3. The molecule has 2 aromatic carbocycles. The molecule has 1 saturated heterocycles. The summed E-state index contributed by atoms with van der Waals surface area (Å²) in [5.41, 5.74) is 1.06. The molecule has 3 rings (SSSR count). The smallest absolute Gasteiger partial charge is 0.338 e. The summed E-state index contributed by atoms with van der Waals surface area (Å²) in [6.07, 6.45) is 0.0146. The molecule has 1 aliphatic rings. The highest BCUT2D eigenvalue weighted by atomic mass is 16.6. The van der Waals surface area contributed by atoms with Crippen LogP contribution in [-0.2, 0) is 14.3 Å². The van der Waals surface area contributed by atoms with Crippen molar-refractivity contribution in [2.75, 3.05) is 30.5 Å². The van der Waals surface area contributed by atoms with Gasteiger partial charge in [-0.25, -0.2) is 4.79 Å². The van der Waals surface area contributed by atoms with E-state index in [0.717, 1.165) is 0 Å². The second kappa shape index (κ2) is 9.24. The zero-order valence-electron chi connectivity index (χ0n) is 17.0. The number of nitro groups is 1. The molecular weight excluding hydrogens is 406 g/mol. The average molecular weight is 427 g/mol. The summed E-state index contributed by atoms with van der Waals surface area (Å²) >= 11 is 0. The second-order valence-electron chi connectivity index (χ2n) is 6.80. The Morgan fingerprint density at radius 1 is 1.23 bits per heavy atom. The molecule has 1 aliphatic heterocycles. The minimum atomic E-state index is -0.614. The number of rotatable bonds is 7. The number of carbonyl (C=O) groups is 3. The van der Waals surface area contributed by atoms with Crippen LogP contribution in [0.15, 0.2) is 42.5 Å². The van der Waals surface area contributed by atoms with Crippen LogP contribution in [0, 0.1) is 16.0 Å². The molecule has 10 heteroatoms. The van der Waals surface area contributed by atoms with E-state index >= 15 is 0 Å². The van der Waals surface area contributed by atoms with Crippen LogP contribution in [0.25, 0.3) is 0 Å². The van der Waals surface area contributed by atoms with Gasteiger partial charge in [0, 0.05) is 24.7 Å². The zero-order chi connectivity index (χ0) is 22.5. The number of nitrogens with one attached hydrogen (secondary N) is 1. The molecule has 2 aromatic rings. The summed E-state index contributed by atoms with van der Waals surface area (Å²) in [6.45, 7) is 2.15. The van der Waals surface area contributed by atoms with Crippen LogP contribution in [0.3, 0.4) is 0 Å². The normalized spacial score (nSPS) is 15.5. The van der Waals surface area contributed by atoms with E-state index in [2.05, 4.69) is 5.32 Å². The molecule has 0 bridgehead atoms. The van der Waals surface area contributed by atoms with E-state index in [4.69, 9.17) is 9.47 Å². The second-order valence-corrected chi connectivity index (χ2v) is 6.80. The van der Waals surface area contributed by atoms with Crippen molar-refractivity contribution >= 4 is 34.8 Å². The van der Waals surface area contributed by atoms with Gasteiger partial charge < -0.3 is 19.7 Å². The molecule has 0 saturated carbocycles. The predicted octanol–water partition coefficient (Wildman–Crippen LogP) is 2.77. The van der Waals surface area contributed by atoms with Crippen LogP contribution >= 0.6 is 0 Å². The maximum atomic E-state index is 12.7. The summed E-state index contributed by atoms with van der Waals surface area (Å²) < 4.78 is 10.1. The van der Waals surface area contributed by atoms with Gasteiger partial charge >= 0.3 is 5.97 Å². The van der Waals surface area contributed by atoms with E-state index in [1.807, 2.05) is 0 Å². The van der Waals surface area contributed by atoms with E-state index in [9.17, 15) is 24.5 Å². The molecule has 1 fully saturated rings. The highest BCUT2D eigenvalue weighted by Gasteiger charge is 2.35. The molecule has 1 unspecified atom stereocenters. The van der Waals surface area contributed by atoms with Crippen molar-refractivity contribution < 1.29 is 28.8 Å². The monoisotopic (exact) mass is 427 g/mol. The van der Waals surface area contributed by atoms with E-state index < -0.39 is 22.7 Å². The molecule has 1 heterocycles. The van der Waals surface area contributed by atoms with Crippen LogP contribution in [0.5, 0.6) is 5.75 Å². The topological polar surface area (TPSA) is 128 Å². The van der Waals surface area contributed by atoms with Crippen molar-refractivity contribution in [2.24, 2.45) is 5.92 Å². The van der Waals surface area contributed by atoms with Crippen LogP contribution < -0.4 is 15.0 Å². The van der Waals surface area contributed by atoms with Crippen LogP contribution in [-0.4, -0.2) is 43.0 Å². The third-order valence-corrected chi connectivity index (χ3v) is 4.84. The molecule has 0 aliphatic carbocycles. The van der Waals surface area contributed by atoms with E-state index in [1.165, 1.54) is 30.2 Å². The van der Waals surface area contributed by atoms with Crippen molar-refractivity contribution in [3.63, 3.8) is 0 Å². The summed E-state index contributed by atoms with van der Waals surface area (Å²) in [7, 11) is 1.34. The predicted molar refractivity (Wildman–Crippen MR) is 111 cm³/mol. The number of nitrogens with zero attached hydrogens (tertiary/aromatic N) is 2. The fourth-order valence-corrected chi connectivity index (χ4v) is 3.26. The Labute approximate surface area is 177 Å². The molecule has 2 amide bonds. The lowest BCUT2D eigenvalue weighted by molar-refractivity contribution is -0.384. The minimum Gasteiger partial charge on any atom is -0.494 e. The van der Waals surface area contributed by atoms with E-state index in [-0.39, 0.29) is 42.6 Å². The Morgan fingerprint density at radius 2 is 1.94 bits per heavy atom. The molecule has 0 aromatic heterocycles. The molecule has 10 nitrogen and oxygen atoms in total. The SMILES string of the molecule is CCOC(=O)c1ccc(N2CC(C(=O)Nc3ccc([N+](=O)[O-])cc3OC)CC2=O)cc1. The molecule has 0 radical (unpaired) electrons. The molecular formula is C21H21N3O7. The lowest BCUT2D eigenvalue weighted by atomic mass is 10.1. The van der Waals surface area contributed by atoms with Crippen molar-refractivity contribution in [1.29, 1.82) is 0 Å². The highest BCUT2D eigenvalue weighted by Crippen LogP contribution is 2.31. The fraction of sp³-hybridized carbons (Fsp3) is 0.286. The summed E-state index contributed by atoms with van der Waals surface area (Å²) in [5, 5.41) is 13.6. The van der Waals surface area contributed by atoms with Crippen molar-refractivity contribution in [1.82, 2.24) is 0 Å². The first-order valence-electron chi connectivity index (χ1n) is 9.54. The number of amides is 2. The maximum Gasteiger partial charge on any atom is 0.338 e. The number of anilines is 2. The number of methoxy groups -OCH3 is 1. The number of benzene rings is 2. The number of nitro benzene ring substituents is 1. The number of ether oxygens (including phenoxy) is 2. The maximum absolute atomic E-state index is 12.7. The Kier molecular flexibility index (Phi) is 6.49.